The van der Waals surface area contributed by atoms with Crippen molar-refractivity contribution in [3.05, 3.63) is 60.2 Å². The summed E-state index contributed by atoms with van der Waals surface area (Å²) in [5.74, 6) is 4.58. The summed E-state index contributed by atoms with van der Waals surface area (Å²) in [5.41, 5.74) is 9.76. The molecule has 0 bridgehead atoms. The summed E-state index contributed by atoms with van der Waals surface area (Å²) in [7, 11) is 0. The molecule has 2 aromatic heterocycles. The van der Waals surface area contributed by atoms with Gasteiger partial charge in [0, 0.05) is 41.3 Å². The Morgan fingerprint density at radius 3 is 2.58 bits per heavy atom. The lowest BCUT2D eigenvalue weighted by atomic mass is 10.0. The van der Waals surface area contributed by atoms with E-state index in [0.717, 1.165) is 75.3 Å². The molecule has 5 aliphatic rings. The average molecular weight is 473 g/mol. The average Bonchev–Trinajstić information content (AvgIpc) is 3.49. The van der Waals surface area contributed by atoms with Gasteiger partial charge in [0.2, 0.25) is 0 Å². The van der Waals surface area contributed by atoms with Crippen LogP contribution in [0.5, 0.6) is 0 Å². The van der Waals surface area contributed by atoms with Crippen LogP contribution in [-0.4, -0.2) is 37.7 Å². The van der Waals surface area contributed by atoms with Gasteiger partial charge in [-0.05, 0) is 79.7 Å². The Morgan fingerprint density at radius 1 is 0.778 bits per heavy atom. The maximum Gasteiger partial charge on any atom is 0.109 e. The summed E-state index contributed by atoms with van der Waals surface area (Å²) < 4.78 is 0. The minimum absolute atomic E-state index is 0.467. The molecule has 2 N–H and O–H groups in total. The minimum Gasteiger partial charge on any atom is -0.342 e. The van der Waals surface area contributed by atoms with Gasteiger partial charge in [-0.3, -0.25) is 9.98 Å². The number of nitrogens with one attached hydrogen (secondary N) is 2. The molecule has 6 heteroatoms. The number of aromatic amines is 1. The van der Waals surface area contributed by atoms with Crippen LogP contribution < -0.4 is 5.32 Å². The summed E-state index contributed by atoms with van der Waals surface area (Å²) in [6, 6.07) is 14.1. The van der Waals surface area contributed by atoms with Crippen molar-refractivity contribution in [3.8, 4) is 22.5 Å². The lowest BCUT2D eigenvalue weighted by Gasteiger charge is -2.12. The van der Waals surface area contributed by atoms with Gasteiger partial charge < -0.3 is 10.3 Å². The highest BCUT2D eigenvalue weighted by Crippen LogP contribution is 2.57. The van der Waals surface area contributed by atoms with Gasteiger partial charge in [0.25, 0.3) is 0 Å². The third kappa shape index (κ3) is 3.13. The van der Waals surface area contributed by atoms with Crippen LogP contribution in [0.3, 0.4) is 0 Å². The van der Waals surface area contributed by atoms with E-state index in [1.807, 2.05) is 12.4 Å². The number of imidazole rings is 1. The zero-order valence-electron chi connectivity index (χ0n) is 20.1. The van der Waals surface area contributed by atoms with Gasteiger partial charge >= 0.3 is 0 Å². The van der Waals surface area contributed by atoms with E-state index in [9.17, 15) is 0 Å². The van der Waals surface area contributed by atoms with Crippen LogP contribution in [0, 0.1) is 17.8 Å². The van der Waals surface area contributed by atoms with Crippen LogP contribution >= 0.6 is 0 Å². The quantitative estimate of drug-likeness (QED) is 0.406. The number of hydrogen-bond acceptors (Lipinski definition) is 5. The first-order valence-corrected chi connectivity index (χ1v) is 13.5. The number of piperidine rings is 1. The number of nitrogens with zero attached hydrogens (tertiary/aromatic N) is 4. The second-order valence-electron chi connectivity index (χ2n) is 11.7. The molecular weight excluding hydrogens is 444 g/mol. The summed E-state index contributed by atoms with van der Waals surface area (Å²) in [6.07, 6.45) is 11.5. The van der Waals surface area contributed by atoms with Gasteiger partial charge in [-0.15, -0.1) is 0 Å². The maximum atomic E-state index is 4.96. The summed E-state index contributed by atoms with van der Waals surface area (Å²) in [4.78, 5) is 23.0. The number of H-pyrrole nitrogens is 1. The summed E-state index contributed by atoms with van der Waals surface area (Å²) in [6.45, 7) is 0. The molecule has 4 fully saturated rings. The normalized spacial score (nSPS) is 31.3. The fourth-order valence-corrected chi connectivity index (χ4v) is 7.11. The third-order valence-electron chi connectivity index (χ3n) is 9.37. The summed E-state index contributed by atoms with van der Waals surface area (Å²) >= 11 is 0. The molecule has 3 aliphatic carbocycles. The van der Waals surface area contributed by atoms with Crippen LogP contribution in [0.2, 0.25) is 0 Å². The maximum absolute atomic E-state index is 4.96. The first-order valence-electron chi connectivity index (χ1n) is 13.5. The molecule has 3 saturated carbocycles. The monoisotopic (exact) mass is 472 g/mol. The minimum atomic E-state index is 0.467. The van der Waals surface area contributed by atoms with Crippen LogP contribution in [0.15, 0.2) is 53.8 Å². The van der Waals surface area contributed by atoms with Crippen molar-refractivity contribution in [3.63, 3.8) is 0 Å². The lowest BCUT2D eigenvalue weighted by molar-refractivity contribution is 0.596. The molecule has 0 amide bonds. The van der Waals surface area contributed by atoms with Crippen LogP contribution in [0.25, 0.3) is 33.5 Å². The van der Waals surface area contributed by atoms with Crippen molar-refractivity contribution in [2.45, 2.75) is 56.5 Å². The first kappa shape index (κ1) is 19.8. The van der Waals surface area contributed by atoms with E-state index in [4.69, 9.17) is 19.9 Å². The van der Waals surface area contributed by atoms with Gasteiger partial charge in [0.1, 0.15) is 5.82 Å². The van der Waals surface area contributed by atoms with Gasteiger partial charge in [0.15, 0.2) is 0 Å². The number of hydrogen-bond donors (Lipinski definition) is 2. The molecule has 6 atom stereocenters. The zero-order chi connectivity index (χ0) is 23.4. The molecule has 36 heavy (non-hydrogen) atoms. The topological polar surface area (TPSA) is 78.8 Å². The lowest BCUT2D eigenvalue weighted by Crippen LogP contribution is -2.33. The molecule has 0 radical (unpaired) electrons. The van der Waals surface area contributed by atoms with Gasteiger partial charge in [-0.2, -0.15) is 0 Å². The molecule has 1 saturated heterocycles. The van der Waals surface area contributed by atoms with Gasteiger partial charge in [0.05, 0.1) is 40.5 Å². The Kier molecular flexibility index (Phi) is 3.90. The highest BCUT2D eigenvalue weighted by atomic mass is 15.1. The van der Waals surface area contributed by atoms with Crippen molar-refractivity contribution >= 4 is 22.4 Å². The number of aromatic nitrogens is 4. The number of fused-ring (bicyclic) bond motifs is 4. The Balaban J connectivity index is 0.965. The Bertz CT molecular complexity index is 1560. The van der Waals surface area contributed by atoms with Crippen molar-refractivity contribution in [1.82, 2.24) is 25.3 Å². The van der Waals surface area contributed by atoms with Crippen LogP contribution in [0.4, 0.5) is 5.69 Å². The molecule has 6 nitrogen and oxygen atoms in total. The molecule has 0 spiro atoms. The highest BCUT2D eigenvalue weighted by molar-refractivity contribution is 5.98. The predicted octanol–water partition coefficient (Wildman–Crippen LogP) is 5.58. The highest BCUT2D eigenvalue weighted by Gasteiger charge is 2.48. The molecule has 2 aliphatic heterocycles. The van der Waals surface area contributed by atoms with Gasteiger partial charge in [-0.1, -0.05) is 12.1 Å². The number of aliphatic imine (C=N–C) groups is 1. The molecular formula is C30H28N6. The molecule has 1 unspecified atom stereocenters. The fourth-order valence-electron chi connectivity index (χ4n) is 7.11. The zero-order valence-corrected chi connectivity index (χ0v) is 20.1. The van der Waals surface area contributed by atoms with Crippen molar-refractivity contribution < 1.29 is 0 Å². The van der Waals surface area contributed by atoms with Gasteiger partial charge in [-0.25, -0.2) is 9.97 Å². The smallest absolute Gasteiger partial charge is 0.109 e. The fraction of sp³-hybridized carbons (Fsp3) is 0.400. The van der Waals surface area contributed by atoms with E-state index in [0.29, 0.717) is 12.0 Å². The Hall–Kier alpha value is -3.38. The number of benzene rings is 2. The van der Waals surface area contributed by atoms with Crippen molar-refractivity contribution in [2.24, 2.45) is 22.7 Å². The predicted molar refractivity (Wildman–Crippen MR) is 140 cm³/mol. The SMILES string of the molecule is c1cc2c(cc1-c1cnc3cc(-c4cnc(C5C[C@@H]6C[C@@H]6C5)[nH]4)ccc3n1)CC([C@@H]1C[C@H]3C[C@H]3N1)=N2. The molecule has 4 heterocycles. The molecule has 4 aromatic rings. The largest absolute Gasteiger partial charge is 0.342 e. The number of rotatable bonds is 4. The standard InChI is InChI=1S/C30H28N6/c1-3-22-19(11-26(33-22)27-12-20-10-24(20)35-27)5-15(1)28-13-31-25-9-16(2-4-23(25)34-28)29-14-32-30(36-29)21-7-17-6-18(17)8-21/h1-5,9,13-14,17-18,20-21,24,27,35H,6-8,10-12H2,(H,32,36)/t17-,18+,20-,21?,24-,27+/m1/s1. The van der Waals surface area contributed by atoms with E-state index in [2.05, 4.69) is 46.7 Å². The second-order valence-corrected chi connectivity index (χ2v) is 11.7. The Labute approximate surface area is 209 Å². The van der Waals surface area contributed by atoms with Crippen molar-refractivity contribution in [2.75, 3.05) is 0 Å². The van der Waals surface area contributed by atoms with Crippen molar-refractivity contribution in [1.29, 1.82) is 0 Å². The van der Waals surface area contributed by atoms with E-state index < -0.39 is 0 Å². The summed E-state index contributed by atoms with van der Waals surface area (Å²) in [5, 5.41) is 3.75. The third-order valence-corrected chi connectivity index (χ3v) is 9.37. The van der Waals surface area contributed by atoms with Crippen LogP contribution in [-0.2, 0) is 6.42 Å². The second kappa shape index (κ2) is 7.10. The van der Waals surface area contributed by atoms with E-state index in [1.165, 1.54) is 43.4 Å². The van der Waals surface area contributed by atoms with E-state index >= 15 is 0 Å². The van der Waals surface area contributed by atoms with E-state index in [-0.39, 0.29) is 0 Å². The first-order chi connectivity index (χ1) is 17.7. The molecule has 9 rings (SSSR count). The molecule has 178 valence electrons. The Morgan fingerprint density at radius 2 is 1.69 bits per heavy atom. The van der Waals surface area contributed by atoms with Crippen LogP contribution in [0.1, 0.15) is 49.4 Å². The molecule has 2 aromatic carbocycles. The van der Waals surface area contributed by atoms with E-state index in [1.54, 1.807) is 0 Å².